The van der Waals surface area contributed by atoms with Gasteiger partial charge >= 0.3 is 5.97 Å². The Morgan fingerprint density at radius 3 is 2.68 bits per heavy atom. The first-order chi connectivity index (χ1) is 11.8. The number of fused-ring (bicyclic) bond motifs is 3. The third-order valence-electron chi connectivity index (χ3n) is 7.25. The van der Waals surface area contributed by atoms with Crippen LogP contribution in [0.4, 0.5) is 0 Å². The second-order valence-electron chi connectivity index (χ2n) is 8.60. The van der Waals surface area contributed by atoms with E-state index in [4.69, 9.17) is 4.74 Å². The van der Waals surface area contributed by atoms with Gasteiger partial charge in [-0.3, -0.25) is 0 Å². The molecular weight excluding hydrogens is 310 g/mol. The van der Waals surface area contributed by atoms with E-state index in [-0.39, 0.29) is 22.9 Å². The van der Waals surface area contributed by atoms with Gasteiger partial charge in [0.1, 0.15) is 6.10 Å². The molecule has 2 bridgehead atoms. The number of hydrogen-bond donors (Lipinski definition) is 0. The molecule has 25 heavy (non-hydrogen) atoms. The molecule has 0 aliphatic heterocycles. The Balaban J connectivity index is 1.54. The lowest BCUT2D eigenvalue weighted by molar-refractivity contribution is -0.151. The standard InChI is InChI=1S/C22H27NO2/c1-15(14-23-12-10-16-7-5-6-8-18(16)23)20(24)25-19-13-17-9-11-22(19,4)21(17,2)3/h5-8,10,12,14,17,19H,9,11,13H2,1-4H3/b15-14+. The molecular formula is C22H27NO2. The average Bonchev–Trinajstić information content (AvgIpc) is 3.14. The fraction of sp³-hybridized carbons (Fsp3) is 0.500. The first kappa shape index (κ1) is 16.4. The van der Waals surface area contributed by atoms with Gasteiger partial charge in [-0.2, -0.15) is 0 Å². The van der Waals surface area contributed by atoms with Crippen LogP contribution in [0.5, 0.6) is 0 Å². The van der Waals surface area contributed by atoms with Gasteiger partial charge in [0.15, 0.2) is 0 Å². The lowest BCUT2D eigenvalue weighted by atomic mass is 9.70. The predicted molar refractivity (Wildman–Crippen MR) is 101 cm³/mol. The third kappa shape index (κ3) is 2.36. The van der Waals surface area contributed by atoms with Gasteiger partial charge in [-0.25, -0.2) is 4.79 Å². The van der Waals surface area contributed by atoms with E-state index in [9.17, 15) is 4.79 Å². The molecule has 2 aromatic rings. The molecule has 2 saturated carbocycles. The van der Waals surface area contributed by atoms with Crippen molar-refractivity contribution < 1.29 is 9.53 Å². The lowest BCUT2D eigenvalue weighted by Crippen LogP contribution is -2.38. The zero-order chi connectivity index (χ0) is 17.8. The number of carbonyl (C=O) groups is 1. The van der Waals surface area contributed by atoms with Crippen molar-refractivity contribution in [2.45, 2.75) is 53.1 Å². The highest BCUT2D eigenvalue weighted by Crippen LogP contribution is 2.66. The summed E-state index contributed by atoms with van der Waals surface area (Å²) in [6.07, 6.45) is 7.34. The van der Waals surface area contributed by atoms with Crippen molar-refractivity contribution in [2.24, 2.45) is 16.7 Å². The summed E-state index contributed by atoms with van der Waals surface area (Å²) in [4.78, 5) is 12.7. The van der Waals surface area contributed by atoms with Crippen LogP contribution in [0, 0.1) is 16.7 Å². The zero-order valence-electron chi connectivity index (χ0n) is 15.6. The van der Waals surface area contributed by atoms with Gasteiger partial charge in [0.25, 0.3) is 0 Å². The Labute approximate surface area is 149 Å². The van der Waals surface area contributed by atoms with Gasteiger partial charge < -0.3 is 9.30 Å². The second-order valence-corrected chi connectivity index (χ2v) is 8.60. The summed E-state index contributed by atoms with van der Waals surface area (Å²) >= 11 is 0. The first-order valence-electron chi connectivity index (χ1n) is 9.28. The first-order valence-corrected chi connectivity index (χ1v) is 9.28. The zero-order valence-corrected chi connectivity index (χ0v) is 15.6. The molecule has 0 saturated heterocycles. The summed E-state index contributed by atoms with van der Waals surface area (Å²) in [7, 11) is 0. The number of nitrogens with zero attached hydrogens (tertiary/aromatic N) is 1. The molecule has 2 fully saturated rings. The quantitative estimate of drug-likeness (QED) is 0.565. The van der Waals surface area contributed by atoms with Crippen molar-refractivity contribution in [3.8, 4) is 0 Å². The molecule has 3 nitrogen and oxygen atoms in total. The molecule has 1 heterocycles. The van der Waals surface area contributed by atoms with E-state index in [1.54, 1.807) is 0 Å². The summed E-state index contributed by atoms with van der Waals surface area (Å²) < 4.78 is 7.98. The number of rotatable bonds is 3. The molecule has 132 valence electrons. The maximum absolute atomic E-state index is 12.7. The molecule has 0 amide bonds. The maximum atomic E-state index is 12.7. The summed E-state index contributed by atoms with van der Waals surface area (Å²) in [5.41, 5.74) is 2.10. The van der Waals surface area contributed by atoms with E-state index < -0.39 is 0 Å². The number of esters is 1. The molecule has 4 rings (SSSR count). The van der Waals surface area contributed by atoms with Gasteiger partial charge in [-0.1, -0.05) is 39.0 Å². The molecule has 2 aliphatic rings. The molecule has 0 radical (unpaired) electrons. The van der Waals surface area contributed by atoms with Crippen LogP contribution < -0.4 is 0 Å². The summed E-state index contributed by atoms with van der Waals surface area (Å²) in [6.45, 7) is 8.83. The van der Waals surface area contributed by atoms with Crippen LogP contribution in [-0.4, -0.2) is 16.6 Å². The minimum absolute atomic E-state index is 0.0403. The summed E-state index contributed by atoms with van der Waals surface area (Å²) in [5, 5.41) is 1.17. The SMILES string of the molecule is C/C(=C\n1ccc2ccccc21)C(=O)OC1CC2CCC1(C)C2(C)C. The fourth-order valence-electron chi connectivity index (χ4n) is 5.01. The summed E-state index contributed by atoms with van der Waals surface area (Å²) in [6, 6.07) is 10.2. The van der Waals surface area contributed by atoms with Gasteiger partial charge in [0, 0.05) is 17.8 Å². The van der Waals surface area contributed by atoms with E-state index in [0.29, 0.717) is 11.5 Å². The van der Waals surface area contributed by atoms with Gasteiger partial charge in [-0.15, -0.1) is 0 Å². The van der Waals surface area contributed by atoms with Crippen molar-refractivity contribution in [3.63, 3.8) is 0 Å². The molecule has 2 aliphatic carbocycles. The van der Waals surface area contributed by atoms with Crippen molar-refractivity contribution in [1.29, 1.82) is 0 Å². The summed E-state index contributed by atoms with van der Waals surface area (Å²) in [5.74, 6) is 0.486. The number of aromatic nitrogens is 1. The van der Waals surface area contributed by atoms with Gasteiger partial charge in [-0.05, 0) is 55.0 Å². The highest BCUT2D eigenvalue weighted by Gasteiger charge is 2.62. The van der Waals surface area contributed by atoms with Crippen LogP contribution in [-0.2, 0) is 9.53 Å². The Morgan fingerprint density at radius 2 is 2.00 bits per heavy atom. The van der Waals surface area contributed by atoms with Crippen molar-refractivity contribution in [3.05, 3.63) is 42.1 Å². The van der Waals surface area contributed by atoms with Crippen molar-refractivity contribution in [2.75, 3.05) is 0 Å². The molecule has 1 aromatic carbocycles. The number of hydrogen-bond acceptors (Lipinski definition) is 2. The van der Waals surface area contributed by atoms with Crippen molar-refractivity contribution in [1.82, 2.24) is 4.57 Å². The Kier molecular flexibility index (Phi) is 3.61. The Hall–Kier alpha value is -2.03. The number of carbonyl (C=O) groups excluding carboxylic acids is 1. The monoisotopic (exact) mass is 337 g/mol. The number of ether oxygens (including phenoxy) is 1. The second kappa shape index (κ2) is 5.48. The molecule has 1 aromatic heterocycles. The third-order valence-corrected chi connectivity index (χ3v) is 7.25. The van der Waals surface area contributed by atoms with Crippen LogP contribution in [0.2, 0.25) is 0 Å². The van der Waals surface area contributed by atoms with Crippen LogP contribution >= 0.6 is 0 Å². The molecule has 3 atom stereocenters. The fourth-order valence-corrected chi connectivity index (χ4v) is 5.01. The van der Waals surface area contributed by atoms with E-state index in [1.165, 1.54) is 11.8 Å². The molecule has 0 N–H and O–H groups in total. The minimum Gasteiger partial charge on any atom is -0.458 e. The van der Waals surface area contributed by atoms with Gasteiger partial charge in [0.05, 0.1) is 11.1 Å². The van der Waals surface area contributed by atoms with Crippen LogP contribution in [0.1, 0.15) is 47.0 Å². The average molecular weight is 337 g/mol. The number of benzene rings is 1. The van der Waals surface area contributed by atoms with Crippen LogP contribution in [0.15, 0.2) is 42.1 Å². The predicted octanol–water partition coefficient (Wildman–Crippen LogP) is 5.26. The Bertz CT molecular complexity index is 860. The molecule has 3 unspecified atom stereocenters. The van der Waals surface area contributed by atoms with Crippen LogP contribution in [0.3, 0.4) is 0 Å². The van der Waals surface area contributed by atoms with Crippen molar-refractivity contribution >= 4 is 23.1 Å². The van der Waals surface area contributed by atoms with E-state index in [0.717, 1.165) is 18.4 Å². The van der Waals surface area contributed by atoms with Gasteiger partial charge in [0.2, 0.25) is 0 Å². The van der Waals surface area contributed by atoms with E-state index in [1.807, 2.05) is 36.0 Å². The minimum atomic E-state index is -0.188. The van der Waals surface area contributed by atoms with E-state index >= 15 is 0 Å². The largest absolute Gasteiger partial charge is 0.458 e. The topological polar surface area (TPSA) is 31.2 Å². The maximum Gasteiger partial charge on any atom is 0.335 e. The Morgan fingerprint density at radius 1 is 1.24 bits per heavy atom. The normalized spacial score (nSPS) is 30.8. The molecule has 0 spiro atoms. The molecule has 3 heteroatoms. The highest BCUT2D eigenvalue weighted by molar-refractivity contribution is 5.92. The van der Waals surface area contributed by atoms with Crippen LogP contribution in [0.25, 0.3) is 17.1 Å². The van der Waals surface area contributed by atoms with E-state index in [2.05, 4.69) is 39.0 Å². The highest BCUT2D eigenvalue weighted by atomic mass is 16.5. The lowest BCUT2D eigenvalue weighted by Gasteiger charge is -2.38. The smallest absolute Gasteiger partial charge is 0.335 e. The number of para-hydroxylation sites is 1.